The number of aromatic hydroxyl groups is 1. The third kappa shape index (κ3) is 5.96. The van der Waals surface area contributed by atoms with E-state index >= 15 is 0 Å². The van der Waals surface area contributed by atoms with Crippen LogP contribution >= 0.6 is 0 Å². The molecule has 4 bridgehead atoms. The highest BCUT2D eigenvalue weighted by Crippen LogP contribution is 2.60. The second-order valence-corrected chi connectivity index (χ2v) is 14.2. The van der Waals surface area contributed by atoms with Crippen LogP contribution in [-0.2, 0) is 11.2 Å². The van der Waals surface area contributed by atoms with Gasteiger partial charge in [-0.05, 0) is 121 Å². The zero-order chi connectivity index (χ0) is 30.3. The maximum atomic E-state index is 13.4. The highest BCUT2D eigenvalue weighted by Gasteiger charge is 2.51. The van der Waals surface area contributed by atoms with Gasteiger partial charge in [-0.25, -0.2) is 0 Å². The molecule has 0 atom stereocenters. The molecular formula is C38H45N3O3. The Morgan fingerprint density at radius 1 is 0.841 bits per heavy atom. The van der Waals surface area contributed by atoms with E-state index in [2.05, 4.69) is 23.1 Å². The summed E-state index contributed by atoms with van der Waals surface area (Å²) in [6.45, 7) is 3.85. The number of rotatable bonds is 8. The number of nitrogens with zero attached hydrogens (tertiary/aromatic N) is 3. The molecule has 0 spiro atoms. The molecule has 0 aromatic heterocycles. The van der Waals surface area contributed by atoms with Crippen LogP contribution in [0.25, 0.3) is 11.1 Å². The van der Waals surface area contributed by atoms with Crippen molar-refractivity contribution in [3.05, 3.63) is 83.9 Å². The molecule has 2 amide bonds. The van der Waals surface area contributed by atoms with Gasteiger partial charge in [0.2, 0.25) is 5.91 Å². The molecule has 1 N–H and O–H groups in total. The molecule has 1 aliphatic heterocycles. The number of piperazine rings is 1. The molecular weight excluding hydrogens is 546 g/mol. The summed E-state index contributed by atoms with van der Waals surface area (Å²) in [7, 11) is 2.00. The van der Waals surface area contributed by atoms with Crippen LogP contribution in [0.3, 0.4) is 0 Å². The molecule has 44 heavy (non-hydrogen) atoms. The van der Waals surface area contributed by atoms with E-state index in [0.717, 1.165) is 65.3 Å². The first-order valence-corrected chi connectivity index (χ1v) is 16.6. The number of phenolic OH excluding ortho intramolecular Hbond substituents is 1. The molecule has 5 fully saturated rings. The summed E-state index contributed by atoms with van der Waals surface area (Å²) >= 11 is 0. The van der Waals surface area contributed by atoms with Gasteiger partial charge in [-0.3, -0.25) is 9.59 Å². The minimum atomic E-state index is 0.133. The number of phenols is 1. The lowest BCUT2D eigenvalue weighted by Crippen LogP contribution is -2.51. The molecule has 6 nitrogen and oxygen atoms in total. The molecule has 4 aliphatic carbocycles. The molecule has 6 heteroatoms. The Morgan fingerprint density at radius 3 is 2.16 bits per heavy atom. The van der Waals surface area contributed by atoms with Crippen LogP contribution in [0.5, 0.6) is 5.75 Å². The standard InChI is InChI=1S/C38H45N3O3/c1-39(26-38-23-27-19-28(24-38)21-29(20-27)25-38)37(44)31-9-12-33(13-10-31)40-15-17-41(18-16-40)36(43)14-11-30-5-2-3-8-35(30)32-6-4-7-34(42)22-32/h2-10,12-13,22,27-29,42H,11,14-21,23-26H2,1H3. The highest BCUT2D eigenvalue weighted by atomic mass is 16.3. The predicted octanol–water partition coefficient (Wildman–Crippen LogP) is 6.63. The fourth-order valence-corrected chi connectivity index (χ4v) is 9.40. The number of anilines is 1. The summed E-state index contributed by atoms with van der Waals surface area (Å²) in [6.07, 6.45) is 9.36. The van der Waals surface area contributed by atoms with Gasteiger partial charge in [0.05, 0.1) is 0 Å². The zero-order valence-corrected chi connectivity index (χ0v) is 26.0. The number of benzene rings is 3. The molecule has 0 unspecified atom stereocenters. The molecule has 0 radical (unpaired) electrons. The van der Waals surface area contributed by atoms with E-state index in [1.807, 2.05) is 59.3 Å². The number of hydrogen-bond acceptors (Lipinski definition) is 4. The first kappa shape index (κ1) is 28.9. The van der Waals surface area contributed by atoms with Crippen LogP contribution in [0, 0.1) is 23.2 Å². The van der Waals surface area contributed by atoms with E-state index in [-0.39, 0.29) is 17.6 Å². The summed E-state index contributed by atoms with van der Waals surface area (Å²) in [5, 5.41) is 9.93. The monoisotopic (exact) mass is 591 g/mol. The summed E-state index contributed by atoms with van der Waals surface area (Å²) in [5.74, 6) is 3.24. The molecule has 1 heterocycles. The SMILES string of the molecule is CN(CC12CC3CC(CC(C3)C1)C2)C(=O)c1ccc(N2CCN(C(=O)CCc3ccccc3-c3cccc(O)c3)CC2)cc1. The van der Waals surface area contributed by atoms with Crippen LogP contribution in [0.1, 0.15) is 60.9 Å². The van der Waals surface area contributed by atoms with Crippen LogP contribution in [0.4, 0.5) is 5.69 Å². The number of carbonyl (C=O) groups excluding carboxylic acids is 2. The molecule has 5 aliphatic rings. The van der Waals surface area contributed by atoms with Crippen molar-refractivity contribution in [1.82, 2.24) is 9.80 Å². The first-order valence-electron chi connectivity index (χ1n) is 16.6. The summed E-state index contributed by atoms with van der Waals surface area (Å²) < 4.78 is 0. The van der Waals surface area contributed by atoms with Crippen molar-refractivity contribution in [3.8, 4) is 16.9 Å². The maximum absolute atomic E-state index is 13.4. The van der Waals surface area contributed by atoms with Crippen LogP contribution in [0.15, 0.2) is 72.8 Å². The Bertz CT molecular complexity index is 1470. The number of hydrogen-bond donors (Lipinski definition) is 1. The Kier molecular flexibility index (Phi) is 7.86. The number of amides is 2. The Balaban J connectivity index is 0.906. The second-order valence-electron chi connectivity index (χ2n) is 14.2. The van der Waals surface area contributed by atoms with Crippen molar-refractivity contribution < 1.29 is 14.7 Å². The van der Waals surface area contributed by atoms with Gasteiger partial charge in [0.25, 0.3) is 5.91 Å². The van der Waals surface area contributed by atoms with Crippen molar-refractivity contribution in [2.45, 2.75) is 51.4 Å². The normalized spacial score (nSPS) is 25.7. The Hall–Kier alpha value is -3.80. The zero-order valence-electron chi connectivity index (χ0n) is 26.0. The lowest BCUT2D eigenvalue weighted by Gasteiger charge is -2.57. The van der Waals surface area contributed by atoms with Crippen molar-refractivity contribution in [3.63, 3.8) is 0 Å². The summed E-state index contributed by atoms with van der Waals surface area (Å²) in [4.78, 5) is 32.9. The molecule has 3 aromatic carbocycles. The van der Waals surface area contributed by atoms with Crippen LogP contribution < -0.4 is 4.90 Å². The van der Waals surface area contributed by atoms with Crippen molar-refractivity contribution in [2.75, 3.05) is 44.7 Å². The van der Waals surface area contributed by atoms with Crippen LogP contribution in [-0.4, -0.2) is 66.5 Å². The average molecular weight is 592 g/mol. The van der Waals surface area contributed by atoms with Gasteiger partial charge < -0.3 is 19.8 Å². The molecule has 3 aromatic rings. The minimum absolute atomic E-state index is 0.133. The van der Waals surface area contributed by atoms with Gasteiger partial charge in [-0.1, -0.05) is 36.4 Å². The Morgan fingerprint density at radius 2 is 1.50 bits per heavy atom. The molecule has 4 saturated carbocycles. The largest absolute Gasteiger partial charge is 0.508 e. The topological polar surface area (TPSA) is 64.1 Å². The second kappa shape index (κ2) is 11.9. The van der Waals surface area contributed by atoms with E-state index in [9.17, 15) is 14.7 Å². The van der Waals surface area contributed by atoms with Gasteiger partial charge >= 0.3 is 0 Å². The third-order valence-electron chi connectivity index (χ3n) is 11.0. The third-order valence-corrected chi connectivity index (χ3v) is 11.0. The van der Waals surface area contributed by atoms with E-state index in [4.69, 9.17) is 0 Å². The summed E-state index contributed by atoms with van der Waals surface area (Å²) in [6, 6.07) is 23.5. The maximum Gasteiger partial charge on any atom is 0.253 e. The molecule has 8 rings (SSSR count). The van der Waals surface area contributed by atoms with Crippen molar-refractivity contribution in [1.29, 1.82) is 0 Å². The van der Waals surface area contributed by atoms with Crippen LogP contribution in [0.2, 0.25) is 0 Å². The molecule has 1 saturated heterocycles. The van der Waals surface area contributed by atoms with Gasteiger partial charge in [-0.2, -0.15) is 0 Å². The quantitative estimate of drug-likeness (QED) is 0.320. The predicted molar refractivity (Wildman–Crippen MR) is 175 cm³/mol. The fourth-order valence-electron chi connectivity index (χ4n) is 9.40. The van der Waals surface area contributed by atoms with Gasteiger partial charge in [0.1, 0.15) is 5.75 Å². The van der Waals surface area contributed by atoms with Crippen molar-refractivity contribution in [2.24, 2.45) is 23.2 Å². The van der Waals surface area contributed by atoms with Gasteiger partial charge in [-0.15, -0.1) is 0 Å². The summed E-state index contributed by atoms with van der Waals surface area (Å²) in [5.41, 5.74) is 5.36. The first-order chi connectivity index (χ1) is 21.3. The van der Waals surface area contributed by atoms with Gasteiger partial charge in [0.15, 0.2) is 0 Å². The average Bonchev–Trinajstić information content (AvgIpc) is 3.03. The van der Waals surface area contributed by atoms with Gasteiger partial charge in [0, 0.05) is 57.4 Å². The minimum Gasteiger partial charge on any atom is -0.508 e. The van der Waals surface area contributed by atoms with E-state index in [1.165, 1.54) is 38.5 Å². The smallest absolute Gasteiger partial charge is 0.253 e. The van der Waals surface area contributed by atoms with E-state index in [0.29, 0.717) is 31.3 Å². The lowest BCUT2D eigenvalue weighted by molar-refractivity contribution is -0.131. The fraction of sp³-hybridized carbons (Fsp3) is 0.474. The molecule has 230 valence electrons. The number of carbonyl (C=O) groups is 2. The van der Waals surface area contributed by atoms with Crippen molar-refractivity contribution >= 4 is 17.5 Å². The Labute approximate surface area is 261 Å². The highest BCUT2D eigenvalue weighted by molar-refractivity contribution is 5.94. The van der Waals surface area contributed by atoms with E-state index in [1.54, 1.807) is 12.1 Å². The lowest BCUT2D eigenvalue weighted by atomic mass is 9.49. The van der Waals surface area contributed by atoms with E-state index < -0.39 is 0 Å². The number of aryl methyl sites for hydroxylation is 1.